The van der Waals surface area contributed by atoms with Gasteiger partial charge in [-0.2, -0.15) is 5.26 Å². The second-order valence-electron chi connectivity index (χ2n) is 5.71. The molecular weight excluding hydrogens is 282 g/mol. The first kappa shape index (κ1) is 15.4. The van der Waals surface area contributed by atoms with Gasteiger partial charge in [0.1, 0.15) is 11.6 Å². The summed E-state index contributed by atoms with van der Waals surface area (Å²) in [5, 5.41) is 22.7. The van der Waals surface area contributed by atoms with Crippen LogP contribution in [-0.2, 0) is 4.79 Å². The number of allylic oxidation sites excluding steroid dienone is 1. The second-order valence-corrected chi connectivity index (χ2v) is 5.71. The SMILES string of the molecule is CC1(C)CC(/C=C/c2cccc([N+](=O)[O-])c2)=C(C#N)C(=O)N1. The number of nitro groups is 1. The molecule has 1 aromatic carbocycles. The molecule has 0 spiro atoms. The predicted octanol–water partition coefficient (Wildman–Crippen LogP) is 2.73. The molecule has 112 valence electrons. The lowest BCUT2D eigenvalue weighted by molar-refractivity contribution is -0.384. The predicted molar refractivity (Wildman–Crippen MR) is 81.6 cm³/mol. The number of carbonyl (C=O) groups is 1. The van der Waals surface area contributed by atoms with Crippen molar-refractivity contribution in [3.8, 4) is 6.07 Å². The molecule has 1 heterocycles. The van der Waals surface area contributed by atoms with E-state index in [4.69, 9.17) is 5.26 Å². The van der Waals surface area contributed by atoms with Gasteiger partial charge in [-0.1, -0.05) is 24.3 Å². The summed E-state index contributed by atoms with van der Waals surface area (Å²) in [5.41, 5.74) is 0.921. The van der Waals surface area contributed by atoms with Crippen LogP contribution in [0.4, 0.5) is 5.69 Å². The number of amides is 1. The monoisotopic (exact) mass is 297 g/mol. The maximum Gasteiger partial charge on any atom is 0.270 e. The lowest BCUT2D eigenvalue weighted by Crippen LogP contribution is -2.47. The maximum absolute atomic E-state index is 11.9. The van der Waals surface area contributed by atoms with Crippen LogP contribution in [0, 0.1) is 21.4 Å². The van der Waals surface area contributed by atoms with Crippen LogP contribution in [0.5, 0.6) is 0 Å². The quantitative estimate of drug-likeness (QED) is 0.685. The summed E-state index contributed by atoms with van der Waals surface area (Å²) < 4.78 is 0. The lowest BCUT2D eigenvalue weighted by atomic mass is 9.87. The van der Waals surface area contributed by atoms with E-state index in [-0.39, 0.29) is 11.3 Å². The van der Waals surface area contributed by atoms with Gasteiger partial charge in [-0.05, 0) is 31.4 Å². The summed E-state index contributed by atoms with van der Waals surface area (Å²) in [7, 11) is 0. The third kappa shape index (κ3) is 3.38. The zero-order chi connectivity index (χ0) is 16.3. The van der Waals surface area contributed by atoms with Gasteiger partial charge in [0.05, 0.1) is 4.92 Å². The second kappa shape index (κ2) is 5.82. The van der Waals surface area contributed by atoms with E-state index in [0.717, 1.165) is 0 Å². The summed E-state index contributed by atoms with van der Waals surface area (Å²) in [6.45, 7) is 3.75. The van der Waals surface area contributed by atoms with Gasteiger partial charge in [0.25, 0.3) is 11.6 Å². The molecule has 0 saturated carbocycles. The Kier molecular flexibility index (Phi) is 4.08. The number of benzene rings is 1. The summed E-state index contributed by atoms with van der Waals surface area (Å²) in [6.07, 6.45) is 3.87. The van der Waals surface area contributed by atoms with Crippen LogP contribution in [0.1, 0.15) is 25.8 Å². The van der Waals surface area contributed by atoms with Gasteiger partial charge in [-0.25, -0.2) is 0 Å². The van der Waals surface area contributed by atoms with E-state index in [1.807, 2.05) is 19.9 Å². The van der Waals surface area contributed by atoms with E-state index in [9.17, 15) is 14.9 Å². The van der Waals surface area contributed by atoms with Crippen LogP contribution in [0.25, 0.3) is 6.08 Å². The highest BCUT2D eigenvalue weighted by molar-refractivity contribution is 6.00. The first-order chi connectivity index (χ1) is 10.3. The number of nitrogens with zero attached hydrogens (tertiary/aromatic N) is 2. The molecule has 1 amide bonds. The molecular formula is C16H15N3O3. The number of rotatable bonds is 3. The molecule has 22 heavy (non-hydrogen) atoms. The molecule has 0 fully saturated rings. The van der Waals surface area contributed by atoms with Crippen LogP contribution in [0.2, 0.25) is 0 Å². The lowest BCUT2D eigenvalue weighted by Gasteiger charge is -2.31. The zero-order valence-electron chi connectivity index (χ0n) is 12.3. The fourth-order valence-electron chi connectivity index (χ4n) is 2.33. The minimum atomic E-state index is -0.464. The zero-order valence-corrected chi connectivity index (χ0v) is 12.3. The minimum Gasteiger partial charge on any atom is -0.346 e. The number of nitro benzene ring substituents is 1. The van der Waals surface area contributed by atoms with Crippen molar-refractivity contribution in [2.75, 3.05) is 0 Å². The number of hydrogen-bond acceptors (Lipinski definition) is 4. The van der Waals surface area contributed by atoms with Gasteiger partial charge in [-0.3, -0.25) is 14.9 Å². The molecule has 6 heteroatoms. The van der Waals surface area contributed by atoms with Crippen molar-refractivity contribution in [1.29, 1.82) is 5.26 Å². The maximum atomic E-state index is 11.9. The highest BCUT2D eigenvalue weighted by atomic mass is 16.6. The third-order valence-electron chi connectivity index (χ3n) is 3.30. The van der Waals surface area contributed by atoms with Crippen molar-refractivity contribution >= 4 is 17.7 Å². The van der Waals surface area contributed by atoms with E-state index in [0.29, 0.717) is 17.6 Å². The van der Waals surface area contributed by atoms with Crippen LogP contribution in [0.3, 0.4) is 0 Å². The molecule has 1 aliphatic heterocycles. The standard InChI is InChI=1S/C16H15N3O3/c1-16(2)9-12(14(10-17)15(20)18-16)7-6-11-4-3-5-13(8-11)19(21)22/h3-8H,9H2,1-2H3,(H,18,20)/b7-6+. The topological polar surface area (TPSA) is 96.0 Å². The largest absolute Gasteiger partial charge is 0.346 e. The smallest absolute Gasteiger partial charge is 0.270 e. The molecule has 1 aromatic rings. The van der Waals surface area contributed by atoms with Crippen molar-refractivity contribution in [2.24, 2.45) is 0 Å². The van der Waals surface area contributed by atoms with Crippen LogP contribution < -0.4 is 5.32 Å². The molecule has 0 saturated heterocycles. The van der Waals surface area contributed by atoms with Gasteiger partial charge in [-0.15, -0.1) is 0 Å². The number of nitriles is 1. The number of hydrogen-bond donors (Lipinski definition) is 1. The normalized spacial score (nSPS) is 17.2. The molecule has 0 aliphatic carbocycles. The molecule has 2 rings (SSSR count). The highest BCUT2D eigenvalue weighted by Gasteiger charge is 2.30. The Morgan fingerprint density at radius 2 is 2.14 bits per heavy atom. The van der Waals surface area contributed by atoms with E-state index in [1.165, 1.54) is 12.1 Å². The van der Waals surface area contributed by atoms with Crippen LogP contribution in [0.15, 0.2) is 41.5 Å². The first-order valence-corrected chi connectivity index (χ1v) is 6.71. The highest BCUT2D eigenvalue weighted by Crippen LogP contribution is 2.26. The fourth-order valence-corrected chi connectivity index (χ4v) is 2.33. The Hall–Kier alpha value is -2.94. The molecule has 0 atom stereocenters. The van der Waals surface area contributed by atoms with Crippen LogP contribution in [-0.4, -0.2) is 16.4 Å². The Labute approximate surface area is 127 Å². The van der Waals surface area contributed by atoms with Crippen molar-refractivity contribution in [2.45, 2.75) is 25.8 Å². The van der Waals surface area contributed by atoms with Crippen molar-refractivity contribution in [1.82, 2.24) is 5.32 Å². The summed E-state index contributed by atoms with van der Waals surface area (Å²) in [6, 6.07) is 8.09. The van der Waals surface area contributed by atoms with Crippen molar-refractivity contribution < 1.29 is 9.72 Å². The molecule has 0 radical (unpaired) electrons. The van der Waals surface area contributed by atoms with E-state index >= 15 is 0 Å². The van der Waals surface area contributed by atoms with Gasteiger partial charge in [0.2, 0.25) is 0 Å². The van der Waals surface area contributed by atoms with E-state index in [2.05, 4.69) is 5.32 Å². The molecule has 6 nitrogen and oxygen atoms in total. The Morgan fingerprint density at radius 3 is 2.77 bits per heavy atom. The summed E-state index contributed by atoms with van der Waals surface area (Å²) in [4.78, 5) is 22.2. The fraction of sp³-hybridized carbons (Fsp3) is 0.250. The number of nitrogens with one attached hydrogen (secondary N) is 1. The van der Waals surface area contributed by atoms with Gasteiger partial charge in [0.15, 0.2) is 0 Å². The van der Waals surface area contributed by atoms with Gasteiger partial charge >= 0.3 is 0 Å². The average molecular weight is 297 g/mol. The van der Waals surface area contributed by atoms with Gasteiger partial charge < -0.3 is 5.32 Å². The Balaban J connectivity index is 2.35. The van der Waals surface area contributed by atoms with Crippen LogP contribution >= 0.6 is 0 Å². The van der Waals surface area contributed by atoms with E-state index < -0.39 is 16.4 Å². The third-order valence-corrected chi connectivity index (χ3v) is 3.30. The molecule has 1 N–H and O–H groups in total. The average Bonchev–Trinajstić information content (AvgIpc) is 2.44. The minimum absolute atomic E-state index is 0.00152. The van der Waals surface area contributed by atoms with Gasteiger partial charge in [0, 0.05) is 17.7 Å². The summed E-state index contributed by atoms with van der Waals surface area (Å²) in [5.74, 6) is -0.391. The van der Waals surface area contributed by atoms with Crippen molar-refractivity contribution in [3.63, 3.8) is 0 Å². The molecule has 0 aromatic heterocycles. The first-order valence-electron chi connectivity index (χ1n) is 6.71. The number of carbonyl (C=O) groups excluding carboxylic acids is 1. The number of non-ortho nitro benzene ring substituents is 1. The Morgan fingerprint density at radius 1 is 1.41 bits per heavy atom. The summed E-state index contributed by atoms with van der Waals surface area (Å²) >= 11 is 0. The van der Waals surface area contributed by atoms with Crippen molar-refractivity contribution in [3.05, 3.63) is 57.2 Å². The molecule has 0 bridgehead atoms. The molecule has 1 aliphatic rings. The Bertz CT molecular complexity index is 739. The molecule has 0 unspecified atom stereocenters. The van der Waals surface area contributed by atoms with E-state index in [1.54, 1.807) is 24.3 Å².